The maximum absolute atomic E-state index is 11.8. The third kappa shape index (κ3) is 3.33. The molecule has 1 aliphatic heterocycles. The Labute approximate surface area is 124 Å². The van der Waals surface area contributed by atoms with E-state index in [1.165, 1.54) is 6.07 Å². The SMILES string of the molecule is CNCC1CCN(c2cccc(S(C)(=O)=O)c2[N+](=O)[O-])C1. The van der Waals surface area contributed by atoms with Crippen LogP contribution in [0.1, 0.15) is 6.42 Å². The molecule has 7 nitrogen and oxygen atoms in total. The molecule has 0 aliphatic carbocycles. The molecule has 1 saturated heterocycles. The van der Waals surface area contributed by atoms with Crippen LogP contribution in [0.15, 0.2) is 23.1 Å². The van der Waals surface area contributed by atoms with Crippen molar-refractivity contribution >= 4 is 21.2 Å². The molecule has 1 N–H and O–H groups in total. The lowest BCUT2D eigenvalue weighted by Gasteiger charge is -2.19. The Morgan fingerprint density at radius 1 is 1.48 bits per heavy atom. The second-order valence-electron chi connectivity index (χ2n) is 5.31. The minimum absolute atomic E-state index is 0.220. The van der Waals surface area contributed by atoms with Crippen molar-refractivity contribution in [2.45, 2.75) is 11.3 Å². The van der Waals surface area contributed by atoms with Crippen LogP contribution in [-0.2, 0) is 9.84 Å². The highest BCUT2D eigenvalue weighted by Crippen LogP contribution is 2.36. The largest absolute Gasteiger partial charge is 0.366 e. The van der Waals surface area contributed by atoms with Crippen molar-refractivity contribution in [3.63, 3.8) is 0 Å². The molecule has 1 heterocycles. The molecule has 0 aromatic heterocycles. The zero-order chi connectivity index (χ0) is 15.6. The molecule has 1 atom stereocenters. The first-order valence-corrected chi connectivity index (χ1v) is 8.60. The lowest BCUT2D eigenvalue weighted by molar-refractivity contribution is -0.387. The van der Waals surface area contributed by atoms with Crippen molar-refractivity contribution in [1.29, 1.82) is 0 Å². The van der Waals surface area contributed by atoms with Gasteiger partial charge < -0.3 is 10.2 Å². The maximum Gasteiger partial charge on any atom is 0.311 e. The summed E-state index contributed by atoms with van der Waals surface area (Å²) in [7, 11) is -1.76. The monoisotopic (exact) mass is 313 g/mol. The first-order chi connectivity index (χ1) is 9.84. The van der Waals surface area contributed by atoms with Crippen molar-refractivity contribution in [1.82, 2.24) is 5.32 Å². The number of benzene rings is 1. The zero-order valence-corrected chi connectivity index (χ0v) is 12.9. The lowest BCUT2D eigenvalue weighted by Crippen LogP contribution is -2.25. The summed E-state index contributed by atoms with van der Waals surface area (Å²) < 4.78 is 23.5. The molecule has 8 heteroatoms. The standard InChI is InChI=1S/C13H19N3O4S/c1-14-8-10-6-7-15(9-10)11-4-3-5-12(21(2,19)20)13(11)16(17)18/h3-5,10,14H,6-9H2,1-2H3. The maximum atomic E-state index is 11.8. The summed E-state index contributed by atoms with van der Waals surface area (Å²) in [5.41, 5.74) is 0.0756. The molecule has 0 amide bonds. The minimum Gasteiger partial charge on any atom is -0.366 e. The van der Waals surface area contributed by atoms with Crippen molar-refractivity contribution < 1.29 is 13.3 Å². The highest BCUT2D eigenvalue weighted by Gasteiger charge is 2.32. The molecule has 0 radical (unpaired) electrons. The third-order valence-corrected chi connectivity index (χ3v) is 4.81. The Morgan fingerprint density at radius 3 is 2.76 bits per heavy atom. The molecule has 1 fully saturated rings. The Kier molecular flexibility index (Phi) is 4.48. The smallest absolute Gasteiger partial charge is 0.311 e. The predicted molar refractivity (Wildman–Crippen MR) is 80.5 cm³/mol. The van der Waals surface area contributed by atoms with Gasteiger partial charge in [-0.05, 0) is 38.1 Å². The summed E-state index contributed by atoms with van der Waals surface area (Å²) >= 11 is 0. The summed E-state index contributed by atoms with van der Waals surface area (Å²) in [5, 5.41) is 14.5. The van der Waals surface area contributed by atoms with Gasteiger partial charge in [0.15, 0.2) is 9.84 Å². The summed E-state index contributed by atoms with van der Waals surface area (Å²) in [5.74, 6) is 0.413. The van der Waals surface area contributed by atoms with Gasteiger partial charge in [0, 0.05) is 19.3 Å². The van der Waals surface area contributed by atoms with Gasteiger partial charge in [0.05, 0.1) is 4.92 Å². The second-order valence-corrected chi connectivity index (χ2v) is 7.30. The number of nitro groups is 1. The van der Waals surface area contributed by atoms with Gasteiger partial charge in [0.25, 0.3) is 0 Å². The van der Waals surface area contributed by atoms with E-state index in [4.69, 9.17) is 0 Å². The average Bonchev–Trinajstić information content (AvgIpc) is 2.85. The van der Waals surface area contributed by atoms with Gasteiger partial charge in [-0.3, -0.25) is 10.1 Å². The van der Waals surface area contributed by atoms with E-state index >= 15 is 0 Å². The molecule has 0 bridgehead atoms. The molecule has 2 rings (SSSR count). The number of sulfone groups is 1. The van der Waals surface area contributed by atoms with E-state index in [0.717, 1.165) is 19.2 Å². The molecular formula is C13H19N3O4S. The molecule has 0 saturated carbocycles. The van der Waals surface area contributed by atoms with E-state index in [9.17, 15) is 18.5 Å². The van der Waals surface area contributed by atoms with Gasteiger partial charge >= 0.3 is 5.69 Å². The minimum atomic E-state index is -3.63. The molecule has 1 unspecified atom stereocenters. The fourth-order valence-corrected chi connectivity index (χ4v) is 3.61. The number of nitro benzene ring substituents is 1. The van der Waals surface area contributed by atoms with E-state index in [0.29, 0.717) is 24.7 Å². The van der Waals surface area contributed by atoms with Gasteiger partial charge in [0.2, 0.25) is 0 Å². The molecular weight excluding hydrogens is 294 g/mol. The topological polar surface area (TPSA) is 92.6 Å². The van der Waals surface area contributed by atoms with Gasteiger partial charge in [-0.1, -0.05) is 6.07 Å². The lowest BCUT2D eigenvalue weighted by atomic mass is 10.1. The first kappa shape index (κ1) is 15.7. The summed E-state index contributed by atoms with van der Waals surface area (Å²) in [6.07, 6.45) is 1.92. The number of rotatable bonds is 5. The van der Waals surface area contributed by atoms with Crippen molar-refractivity contribution in [3.8, 4) is 0 Å². The number of hydrogen-bond acceptors (Lipinski definition) is 6. The molecule has 1 aliphatic rings. The number of para-hydroxylation sites is 1. The fourth-order valence-electron chi connectivity index (χ4n) is 2.76. The molecule has 21 heavy (non-hydrogen) atoms. The van der Waals surface area contributed by atoms with Crippen LogP contribution in [0.5, 0.6) is 0 Å². The highest BCUT2D eigenvalue weighted by molar-refractivity contribution is 7.90. The predicted octanol–water partition coefficient (Wildman–Crippen LogP) is 1.04. The summed E-state index contributed by atoms with van der Waals surface area (Å²) in [6, 6.07) is 4.47. The van der Waals surface area contributed by atoms with E-state index in [2.05, 4.69) is 5.32 Å². The van der Waals surface area contributed by atoms with Crippen LogP contribution in [0, 0.1) is 16.0 Å². The summed E-state index contributed by atoms with van der Waals surface area (Å²) in [4.78, 5) is 12.4. The molecule has 1 aromatic rings. The van der Waals surface area contributed by atoms with E-state index in [-0.39, 0.29) is 10.6 Å². The van der Waals surface area contributed by atoms with Crippen LogP contribution in [-0.4, -0.2) is 46.3 Å². The quantitative estimate of drug-likeness (QED) is 0.645. The second kappa shape index (κ2) is 5.98. The van der Waals surface area contributed by atoms with Gasteiger partial charge in [-0.15, -0.1) is 0 Å². The number of nitrogens with zero attached hydrogens (tertiary/aromatic N) is 2. The normalized spacial score (nSPS) is 19.0. The van der Waals surface area contributed by atoms with E-state index in [1.54, 1.807) is 12.1 Å². The van der Waals surface area contributed by atoms with Crippen molar-refractivity contribution in [2.75, 3.05) is 37.8 Å². The number of anilines is 1. The Bertz CT molecular complexity index is 645. The van der Waals surface area contributed by atoms with Crippen molar-refractivity contribution in [3.05, 3.63) is 28.3 Å². The Balaban J connectivity index is 2.43. The molecule has 0 spiro atoms. The van der Waals surface area contributed by atoms with Crippen LogP contribution in [0.4, 0.5) is 11.4 Å². The van der Waals surface area contributed by atoms with Gasteiger partial charge in [-0.2, -0.15) is 0 Å². The van der Waals surface area contributed by atoms with Crippen molar-refractivity contribution in [2.24, 2.45) is 5.92 Å². The third-order valence-electron chi connectivity index (χ3n) is 3.68. The first-order valence-electron chi connectivity index (χ1n) is 6.71. The Morgan fingerprint density at radius 2 is 2.19 bits per heavy atom. The van der Waals surface area contributed by atoms with Crippen LogP contribution >= 0.6 is 0 Å². The number of hydrogen-bond donors (Lipinski definition) is 1. The van der Waals surface area contributed by atoms with E-state index in [1.807, 2.05) is 11.9 Å². The Hall–Kier alpha value is -1.67. The molecule has 116 valence electrons. The van der Waals surface area contributed by atoms with Crippen LogP contribution in [0.3, 0.4) is 0 Å². The zero-order valence-electron chi connectivity index (χ0n) is 12.1. The van der Waals surface area contributed by atoms with Crippen LogP contribution in [0.25, 0.3) is 0 Å². The van der Waals surface area contributed by atoms with Crippen LogP contribution < -0.4 is 10.2 Å². The van der Waals surface area contributed by atoms with Crippen LogP contribution in [0.2, 0.25) is 0 Å². The fraction of sp³-hybridized carbons (Fsp3) is 0.538. The van der Waals surface area contributed by atoms with E-state index < -0.39 is 14.8 Å². The summed E-state index contributed by atoms with van der Waals surface area (Å²) in [6.45, 7) is 2.23. The average molecular weight is 313 g/mol. The van der Waals surface area contributed by atoms with Gasteiger partial charge in [0.1, 0.15) is 10.6 Å². The van der Waals surface area contributed by atoms with Gasteiger partial charge in [-0.25, -0.2) is 8.42 Å². The highest BCUT2D eigenvalue weighted by atomic mass is 32.2. The molecule has 1 aromatic carbocycles. The number of nitrogens with one attached hydrogen (secondary N) is 1.